The van der Waals surface area contributed by atoms with Gasteiger partial charge in [-0.3, -0.25) is 4.79 Å². The molecule has 12 heteroatoms. The molecule has 3 aliphatic heterocycles. The van der Waals surface area contributed by atoms with Crippen molar-refractivity contribution in [2.24, 2.45) is 0 Å². The van der Waals surface area contributed by atoms with E-state index in [9.17, 15) is 26.4 Å². The number of halogens is 4. The molecule has 0 aromatic heterocycles. The summed E-state index contributed by atoms with van der Waals surface area (Å²) in [6.45, 7) is 2.04. The number of hydrogen-bond donors (Lipinski definition) is 1. The Hall–Kier alpha value is -3.12. The standard InChI is InChI=1S/C33H34ClF3N4O3S/c34-25-9-10-29-23(17-25)11-12-31(29)19-27(41(21-31)45(43,44)28-7-2-1-3-8-28)20-39-15-13-32(14-16-39)30(42)38-22-40(32)26-6-4-5-24(18-26)33(35,36)37/h1-10,17-18,27H,11-16,19-22H2,(H,38,42). The summed E-state index contributed by atoms with van der Waals surface area (Å²) in [5, 5.41) is 3.53. The van der Waals surface area contributed by atoms with Crippen LogP contribution in [0.25, 0.3) is 0 Å². The number of likely N-dealkylation sites (tertiary alicyclic amines) is 1. The van der Waals surface area contributed by atoms with E-state index in [1.54, 1.807) is 45.6 Å². The molecule has 3 heterocycles. The van der Waals surface area contributed by atoms with Gasteiger partial charge in [-0.15, -0.1) is 0 Å². The molecule has 3 aromatic carbocycles. The van der Waals surface area contributed by atoms with Gasteiger partial charge in [0.2, 0.25) is 15.9 Å². The Morgan fingerprint density at radius 3 is 2.44 bits per heavy atom. The molecule has 45 heavy (non-hydrogen) atoms. The summed E-state index contributed by atoms with van der Waals surface area (Å²) < 4.78 is 70.3. The normalized spacial score (nSPS) is 25.3. The van der Waals surface area contributed by atoms with Gasteiger partial charge in [-0.25, -0.2) is 8.42 Å². The number of amides is 1. The summed E-state index contributed by atoms with van der Waals surface area (Å²) in [6.07, 6.45) is -1.30. The number of aryl methyl sites for hydroxylation is 1. The lowest BCUT2D eigenvalue weighted by atomic mass is 9.79. The van der Waals surface area contributed by atoms with Gasteiger partial charge in [0.05, 0.1) is 17.1 Å². The van der Waals surface area contributed by atoms with E-state index >= 15 is 0 Å². The second-order valence-corrected chi connectivity index (χ2v) is 15.1. The van der Waals surface area contributed by atoms with E-state index in [0.29, 0.717) is 56.2 Å². The summed E-state index contributed by atoms with van der Waals surface area (Å²) in [4.78, 5) is 17.5. The molecule has 3 fully saturated rings. The number of sulfonamides is 1. The van der Waals surface area contributed by atoms with E-state index < -0.39 is 27.3 Å². The molecule has 2 spiro atoms. The number of carbonyl (C=O) groups is 1. The molecule has 3 saturated heterocycles. The lowest BCUT2D eigenvalue weighted by molar-refractivity contribution is -0.137. The summed E-state index contributed by atoms with van der Waals surface area (Å²) >= 11 is 6.30. The average molecular weight is 659 g/mol. The smallest absolute Gasteiger partial charge is 0.339 e. The SMILES string of the molecule is O=C1NCN(c2cccc(C(F)(F)F)c2)C12CCN(CC1CC3(CCc4cc(Cl)ccc43)CN1S(=O)(=O)c1ccccc1)CC2. The molecule has 7 rings (SSSR count). The van der Waals surface area contributed by atoms with E-state index in [-0.39, 0.29) is 28.9 Å². The van der Waals surface area contributed by atoms with E-state index in [0.717, 1.165) is 25.0 Å². The van der Waals surface area contributed by atoms with E-state index in [4.69, 9.17) is 11.6 Å². The molecule has 1 aliphatic carbocycles. The number of nitrogens with one attached hydrogen (secondary N) is 1. The number of carbonyl (C=O) groups excluding carboxylic acids is 1. The molecule has 7 nitrogen and oxygen atoms in total. The first-order chi connectivity index (χ1) is 21.4. The van der Waals surface area contributed by atoms with Crippen LogP contribution in [0.1, 0.15) is 42.4 Å². The highest BCUT2D eigenvalue weighted by molar-refractivity contribution is 7.89. The van der Waals surface area contributed by atoms with Crippen LogP contribution in [0.4, 0.5) is 18.9 Å². The molecule has 4 aliphatic rings. The Bertz CT molecular complexity index is 1730. The van der Waals surface area contributed by atoms with Gasteiger partial charge < -0.3 is 15.1 Å². The van der Waals surface area contributed by atoms with Crippen LogP contribution in [-0.2, 0) is 32.8 Å². The molecule has 3 aromatic rings. The summed E-state index contributed by atoms with van der Waals surface area (Å²) in [7, 11) is -3.79. The van der Waals surface area contributed by atoms with E-state index in [1.807, 2.05) is 18.2 Å². The van der Waals surface area contributed by atoms with Crippen LogP contribution in [0.5, 0.6) is 0 Å². The number of piperidine rings is 1. The second-order valence-electron chi connectivity index (χ2n) is 12.8. The predicted molar refractivity (Wildman–Crippen MR) is 166 cm³/mol. The fraction of sp³-hybridized carbons (Fsp3) is 0.424. The summed E-state index contributed by atoms with van der Waals surface area (Å²) in [6, 6.07) is 19.3. The third-order valence-electron chi connectivity index (χ3n) is 10.3. The summed E-state index contributed by atoms with van der Waals surface area (Å²) in [5.74, 6) is -0.186. The van der Waals surface area contributed by atoms with Gasteiger partial charge >= 0.3 is 6.18 Å². The second kappa shape index (κ2) is 11.0. The Morgan fingerprint density at radius 2 is 1.71 bits per heavy atom. The highest BCUT2D eigenvalue weighted by atomic mass is 35.5. The Balaban J connectivity index is 1.14. The molecule has 0 saturated carbocycles. The van der Waals surface area contributed by atoms with E-state index in [1.165, 1.54) is 17.2 Å². The molecule has 2 unspecified atom stereocenters. The van der Waals surface area contributed by atoms with Crippen LogP contribution in [-0.4, -0.2) is 68.0 Å². The van der Waals surface area contributed by atoms with Crippen molar-refractivity contribution in [1.29, 1.82) is 0 Å². The first kappa shape index (κ1) is 30.5. The molecule has 238 valence electrons. The van der Waals surface area contributed by atoms with Gasteiger partial charge in [-0.2, -0.15) is 17.5 Å². The lowest BCUT2D eigenvalue weighted by Crippen LogP contribution is -2.57. The number of hydrogen-bond acceptors (Lipinski definition) is 5. The predicted octanol–water partition coefficient (Wildman–Crippen LogP) is 5.43. The molecular formula is C33H34ClF3N4O3S. The van der Waals surface area contributed by atoms with Crippen LogP contribution in [0.3, 0.4) is 0 Å². The van der Waals surface area contributed by atoms with E-state index in [2.05, 4.69) is 10.2 Å². The Morgan fingerprint density at radius 1 is 0.956 bits per heavy atom. The van der Waals surface area contributed by atoms with Crippen molar-refractivity contribution in [3.63, 3.8) is 0 Å². The largest absolute Gasteiger partial charge is 0.416 e. The Kier molecular flexibility index (Phi) is 7.46. The highest BCUT2D eigenvalue weighted by Crippen LogP contribution is 2.50. The van der Waals surface area contributed by atoms with Crippen molar-refractivity contribution in [1.82, 2.24) is 14.5 Å². The topological polar surface area (TPSA) is 73.0 Å². The zero-order valence-corrected chi connectivity index (χ0v) is 26.1. The van der Waals surface area contributed by atoms with Crippen molar-refractivity contribution < 1.29 is 26.4 Å². The number of nitrogens with zero attached hydrogens (tertiary/aromatic N) is 3. The molecular weight excluding hydrogens is 625 g/mol. The molecule has 1 N–H and O–H groups in total. The van der Waals surface area contributed by atoms with Gasteiger partial charge in [0, 0.05) is 48.3 Å². The van der Waals surface area contributed by atoms with Crippen LogP contribution in [0.15, 0.2) is 77.7 Å². The maximum Gasteiger partial charge on any atom is 0.416 e. The highest BCUT2D eigenvalue weighted by Gasteiger charge is 2.54. The van der Waals surface area contributed by atoms with Crippen molar-refractivity contribution >= 4 is 33.2 Å². The third-order valence-corrected chi connectivity index (χ3v) is 12.5. The van der Waals surface area contributed by atoms with Crippen molar-refractivity contribution in [3.8, 4) is 0 Å². The van der Waals surface area contributed by atoms with Crippen LogP contribution >= 0.6 is 11.6 Å². The molecule has 0 radical (unpaired) electrons. The fourth-order valence-electron chi connectivity index (χ4n) is 8.06. The number of fused-ring (bicyclic) bond motifs is 2. The monoisotopic (exact) mass is 658 g/mol. The van der Waals surface area contributed by atoms with Crippen molar-refractivity contribution in [2.45, 2.75) is 60.2 Å². The number of anilines is 1. The van der Waals surface area contributed by atoms with Crippen LogP contribution in [0.2, 0.25) is 5.02 Å². The van der Waals surface area contributed by atoms with Gasteiger partial charge in [-0.1, -0.05) is 41.9 Å². The first-order valence-corrected chi connectivity index (χ1v) is 17.0. The minimum atomic E-state index is -4.49. The van der Waals surface area contributed by atoms with Gasteiger partial charge in [0.1, 0.15) is 5.54 Å². The third kappa shape index (κ3) is 5.21. The minimum absolute atomic E-state index is 0.137. The van der Waals surface area contributed by atoms with Crippen LogP contribution in [0, 0.1) is 0 Å². The lowest BCUT2D eigenvalue weighted by Gasteiger charge is -2.44. The maximum absolute atomic E-state index is 14.1. The zero-order chi connectivity index (χ0) is 31.6. The Labute approximate surface area is 266 Å². The zero-order valence-electron chi connectivity index (χ0n) is 24.6. The quantitative estimate of drug-likeness (QED) is 0.396. The fourth-order valence-corrected chi connectivity index (χ4v) is 9.98. The van der Waals surface area contributed by atoms with Gasteiger partial charge in [-0.05, 0) is 85.7 Å². The molecule has 1 amide bonds. The number of rotatable bonds is 5. The number of alkyl halides is 3. The average Bonchev–Trinajstić information content (AvgIpc) is 3.67. The first-order valence-electron chi connectivity index (χ1n) is 15.2. The van der Waals surface area contributed by atoms with Gasteiger partial charge in [0.25, 0.3) is 0 Å². The molecule has 2 atom stereocenters. The minimum Gasteiger partial charge on any atom is -0.339 e. The maximum atomic E-state index is 14.1. The molecule has 0 bridgehead atoms. The van der Waals surface area contributed by atoms with Crippen molar-refractivity contribution in [2.75, 3.05) is 37.7 Å². The van der Waals surface area contributed by atoms with Gasteiger partial charge in [0.15, 0.2) is 0 Å². The number of benzene rings is 3. The summed E-state index contributed by atoms with van der Waals surface area (Å²) in [5.41, 5.74) is 0.667. The van der Waals surface area contributed by atoms with Crippen LogP contribution < -0.4 is 10.2 Å². The van der Waals surface area contributed by atoms with Crippen molar-refractivity contribution in [3.05, 3.63) is 94.5 Å².